The van der Waals surface area contributed by atoms with Gasteiger partial charge in [-0.2, -0.15) is 0 Å². The summed E-state index contributed by atoms with van der Waals surface area (Å²) in [6.07, 6.45) is 0. The highest BCUT2D eigenvalue weighted by Crippen LogP contribution is 2.43. The van der Waals surface area contributed by atoms with Crippen molar-refractivity contribution in [3.05, 3.63) is 89.5 Å². The molecule has 5 rings (SSSR count). The number of benzene rings is 3. The quantitative estimate of drug-likeness (QED) is 0.357. The van der Waals surface area contributed by atoms with E-state index in [9.17, 15) is 14.7 Å². The van der Waals surface area contributed by atoms with E-state index in [-0.39, 0.29) is 18.1 Å². The second-order valence-corrected chi connectivity index (χ2v) is 7.58. The summed E-state index contributed by atoms with van der Waals surface area (Å²) in [7, 11) is 0. The van der Waals surface area contributed by atoms with Crippen LogP contribution in [0.4, 0.5) is 5.69 Å². The molecule has 1 N–H and O–H groups in total. The zero-order chi connectivity index (χ0) is 22.9. The number of ether oxygens (including phenoxy) is 3. The first kappa shape index (κ1) is 20.6. The highest BCUT2D eigenvalue weighted by Gasteiger charge is 2.47. The van der Waals surface area contributed by atoms with Gasteiger partial charge in [0.15, 0.2) is 11.5 Å². The molecule has 33 heavy (non-hydrogen) atoms. The minimum Gasteiger partial charge on any atom is -0.507 e. The van der Waals surface area contributed by atoms with Gasteiger partial charge in [-0.3, -0.25) is 14.5 Å². The molecule has 1 fully saturated rings. The molecule has 0 aromatic heterocycles. The van der Waals surface area contributed by atoms with Gasteiger partial charge in [0.25, 0.3) is 11.7 Å². The normalized spacial score (nSPS) is 18.6. The van der Waals surface area contributed by atoms with Gasteiger partial charge in [-0.25, -0.2) is 0 Å². The van der Waals surface area contributed by atoms with Gasteiger partial charge in [0.1, 0.15) is 11.5 Å². The van der Waals surface area contributed by atoms with E-state index >= 15 is 0 Å². The molecular formula is C26H21NO6. The largest absolute Gasteiger partial charge is 0.507 e. The third-order valence-electron chi connectivity index (χ3n) is 5.61. The Morgan fingerprint density at radius 1 is 1.00 bits per heavy atom. The van der Waals surface area contributed by atoms with Crippen LogP contribution in [0.25, 0.3) is 5.76 Å². The van der Waals surface area contributed by atoms with Crippen LogP contribution in [0.2, 0.25) is 0 Å². The predicted molar refractivity (Wildman–Crippen MR) is 121 cm³/mol. The van der Waals surface area contributed by atoms with Crippen molar-refractivity contribution in [2.45, 2.75) is 13.0 Å². The van der Waals surface area contributed by atoms with Crippen LogP contribution < -0.4 is 19.1 Å². The monoisotopic (exact) mass is 443 g/mol. The molecule has 2 heterocycles. The standard InChI is InChI=1S/C26H21NO6/c1-2-31-19-10-6-7-16(13-19)23-22(24(28)17-11-12-20-21(14-17)33-15-32-20)25(29)26(30)27(23)18-8-4-3-5-9-18/h3-14,23,28H,2,15H2,1H3/b24-22-. The third-order valence-corrected chi connectivity index (χ3v) is 5.61. The highest BCUT2D eigenvalue weighted by atomic mass is 16.7. The van der Waals surface area contributed by atoms with Gasteiger partial charge in [0, 0.05) is 11.3 Å². The number of carbonyl (C=O) groups excluding carboxylic acids is 2. The lowest BCUT2D eigenvalue weighted by molar-refractivity contribution is -0.132. The lowest BCUT2D eigenvalue weighted by Crippen LogP contribution is -2.29. The number of amides is 1. The van der Waals surface area contributed by atoms with Crippen molar-refractivity contribution in [2.75, 3.05) is 18.3 Å². The van der Waals surface area contributed by atoms with Crippen LogP contribution in [-0.2, 0) is 9.59 Å². The fourth-order valence-corrected chi connectivity index (χ4v) is 4.14. The van der Waals surface area contributed by atoms with Gasteiger partial charge in [0.05, 0.1) is 18.2 Å². The van der Waals surface area contributed by atoms with E-state index in [1.807, 2.05) is 19.1 Å². The SMILES string of the molecule is CCOc1cccc(C2/C(=C(/O)c3ccc4c(c3)OCO4)C(=O)C(=O)N2c2ccccc2)c1. The second-order valence-electron chi connectivity index (χ2n) is 7.58. The van der Waals surface area contributed by atoms with Crippen molar-refractivity contribution in [1.82, 2.24) is 0 Å². The van der Waals surface area contributed by atoms with Gasteiger partial charge in [0.2, 0.25) is 6.79 Å². The molecule has 0 spiro atoms. The maximum Gasteiger partial charge on any atom is 0.300 e. The Bertz CT molecular complexity index is 1270. The summed E-state index contributed by atoms with van der Waals surface area (Å²) in [5.74, 6) is -0.131. The first-order chi connectivity index (χ1) is 16.1. The molecular weight excluding hydrogens is 422 g/mol. The number of rotatable bonds is 5. The molecule has 2 aliphatic rings. The molecule has 7 heteroatoms. The molecule has 1 atom stereocenters. The average molecular weight is 443 g/mol. The summed E-state index contributed by atoms with van der Waals surface area (Å²) in [4.78, 5) is 27.8. The van der Waals surface area contributed by atoms with Gasteiger partial charge < -0.3 is 19.3 Å². The number of ketones is 1. The third kappa shape index (κ3) is 3.57. The van der Waals surface area contributed by atoms with Crippen molar-refractivity contribution in [3.63, 3.8) is 0 Å². The number of hydrogen-bond acceptors (Lipinski definition) is 6. The number of aliphatic hydroxyl groups is 1. The van der Waals surface area contributed by atoms with Gasteiger partial charge in [-0.1, -0.05) is 30.3 Å². The zero-order valence-electron chi connectivity index (χ0n) is 17.9. The van der Waals surface area contributed by atoms with Crippen LogP contribution in [0.15, 0.2) is 78.4 Å². The molecule has 1 amide bonds. The number of fused-ring (bicyclic) bond motifs is 1. The molecule has 3 aromatic rings. The van der Waals surface area contributed by atoms with Crippen molar-refractivity contribution >= 4 is 23.1 Å². The summed E-state index contributed by atoms with van der Waals surface area (Å²) in [5.41, 5.74) is 1.55. The van der Waals surface area contributed by atoms with Crippen LogP contribution in [0, 0.1) is 0 Å². The van der Waals surface area contributed by atoms with E-state index in [1.54, 1.807) is 60.7 Å². The van der Waals surface area contributed by atoms with E-state index in [2.05, 4.69) is 0 Å². The van der Waals surface area contributed by atoms with Crippen LogP contribution in [0.5, 0.6) is 17.2 Å². The number of aliphatic hydroxyl groups excluding tert-OH is 1. The number of nitrogens with zero attached hydrogens (tertiary/aromatic N) is 1. The fraction of sp³-hybridized carbons (Fsp3) is 0.154. The number of Topliss-reactive ketones (excluding diaryl/α,β-unsaturated/α-hetero) is 1. The minimum absolute atomic E-state index is 0.00336. The number of hydrogen-bond donors (Lipinski definition) is 1. The van der Waals surface area contributed by atoms with Crippen molar-refractivity contribution in [2.24, 2.45) is 0 Å². The second kappa shape index (κ2) is 8.35. The van der Waals surface area contributed by atoms with Crippen LogP contribution >= 0.6 is 0 Å². The van der Waals surface area contributed by atoms with Gasteiger partial charge in [-0.15, -0.1) is 0 Å². The Hall–Kier alpha value is -4.26. The molecule has 7 nitrogen and oxygen atoms in total. The fourth-order valence-electron chi connectivity index (χ4n) is 4.14. The van der Waals surface area contributed by atoms with Gasteiger partial charge in [-0.05, 0) is 55.0 Å². The number of para-hydroxylation sites is 1. The Balaban J connectivity index is 1.70. The summed E-state index contributed by atoms with van der Waals surface area (Å²) in [6.45, 7) is 2.43. The highest BCUT2D eigenvalue weighted by molar-refractivity contribution is 6.51. The maximum absolute atomic E-state index is 13.2. The lowest BCUT2D eigenvalue weighted by atomic mass is 9.95. The van der Waals surface area contributed by atoms with Crippen molar-refractivity contribution in [3.8, 4) is 17.2 Å². The zero-order valence-corrected chi connectivity index (χ0v) is 17.9. The summed E-state index contributed by atoms with van der Waals surface area (Å²) >= 11 is 0. The van der Waals surface area contributed by atoms with Crippen molar-refractivity contribution < 1.29 is 28.9 Å². The van der Waals surface area contributed by atoms with E-state index < -0.39 is 17.7 Å². The molecule has 0 radical (unpaired) electrons. The summed E-state index contributed by atoms with van der Waals surface area (Å²) in [6, 6.07) is 20.2. The smallest absolute Gasteiger partial charge is 0.300 e. The lowest BCUT2D eigenvalue weighted by Gasteiger charge is -2.25. The molecule has 0 bridgehead atoms. The number of carbonyl (C=O) groups is 2. The molecule has 1 unspecified atom stereocenters. The molecule has 0 saturated carbocycles. The predicted octanol–water partition coefficient (Wildman–Crippen LogP) is 4.44. The Morgan fingerprint density at radius 2 is 1.79 bits per heavy atom. The van der Waals surface area contributed by atoms with Gasteiger partial charge >= 0.3 is 0 Å². The van der Waals surface area contributed by atoms with Crippen LogP contribution in [0.3, 0.4) is 0 Å². The van der Waals surface area contributed by atoms with Crippen LogP contribution in [0.1, 0.15) is 24.1 Å². The van der Waals surface area contributed by atoms with E-state index in [1.165, 1.54) is 4.90 Å². The Morgan fingerprint density at radius 3 is 2.58 bits per heavy atom. The average Bonchev–Trinajstić information content (AvgIpc) is 3.41. The van der Waals surface area contributed by atoms with E-state index in [4.69, 9.17) is 14.2 Å². The van der Waals surface area contributed by atoms with Crippen molar-refractivity contribution in [1.29, 1.82) is 0 Å². The Labute approximate surface area is 190 Å². The molecule has 2 aliphatic heterocycles. The molecule has 0 aliphatic carbocycles. The Kier molecular flexibility index (Phi) is 5.22. The molecule has 166 valence electrons. The molecule has 3 aromatic carbocycles. The topological polar surface area (TPSA) is 85.3 Å². The first-order valence-electron chi connectivity index (χ1n) is 10.6. The maximum atomic E-state index is 13.2. The van der Waals surface area contributed by atoms with E-state index in [0.717, 1.165) is 0 Å². The summed E-state index contributed by atoms with van der Waals surface area (Å²) in [5, 5.41) is 11.3. The minimum atomic E-state index is -0.835. The molecule has 1 saturated heterocycles. The van der Waals surface area contributed by atoms with Crippen LogP contribution in [-0.4, -0.2) is 30.2 Å². The number of anilines is 1. The summed E-state index contributed by atoms with van der Waals surface area (Å²) < 4.78 is 16.4. The first-order valence-corrected chi connectivity index (χ1v) is 10.6. The van der Waals surface area contributed by atoms with E-state index in [0.29, 0.717) is 40.7 Å².